The Labute approximate surface area is 148 Å². The predicted molar refractivity (Wildman–Crippen MR) is 95.4 cm³/mol. The van der Waals surface area contributed by atoms with E-state index in [1.165, 1.54) is 42.3 Å². The van der Waals surface area contributed by atoms with Gasteiger partial charge in [-0.2, -0.15) is 0 Å². The second-order valence-corrected chi connectivity index (χ2v) is 7.77. The second kappa shape index (κ2) is 5.56. The Morgan fingerprint density at radius 2 is 2.04 bits per heavy atom. The standard InChI is InChI=1S/C20H25N3O2/c1-3-25-20(24)17-10-14-11-23-16-9-13-7-5-4-6-12(13)8-15(16)21-19(23)18(14)22(17)2/h8-9,14,17-18H,3-7,10-11H2,1-2H3/t14-,17-,18-/m1/s1. The number of benzene rings is 1. The quantitative estimate of drug-likeness (QED) is 0.790. The molecule has 5 heteroatoms. The average Bonchev–Trinajstić information content (AvgIpc) is 3.22. The zero-order valence-corrected chi connectivity index (χ0v) is 15.0. The van der Waals surface area contributed by atoms with E-state index in [9.17, 15) is 4.79 Å². The van der Waals surface area contributed by atoms with Gasteiger partial charge in [0.2, 0.25) is 0 Å². The average molecular weight is 339 g/mol. The summed E-state index contributed by atoms with van der Waals surface area (Å²) in [7, 11) is 2.05. The zero-order chi connectivity index (χ0) is 17.1. The number of aryl methyl sites for hydroxylation is 2. The lowest BCUT2D eigenvalue weighted by atomic mass is 9.91. The molecule has 1 aliphatic carbocycles. The highest BCUT2D eigenvalue weighted by molar-refractivity contribution is 5.80. The normalized spacial score (nSPS) is 28.0. The number of carbonyl (C=O) groups is 1. The summed E-state index contributed by atoms with van der Waals surface area (Å²) in [5.41, 5.74) is 5.40. The van der Waals surface area contributed by atoms with E-state index in [4.69, 9.17) is 9.72 Å². The Bertz CT molecular complexity index is 856. The van der Waals surface area contributed by atoms with Crippen LogP contribution in [0.1, 0.15) is 49.2 Å². The van der Waals surface area contributed by atoms with Crippen LogP contribution in [0.4, 0.5) is 0 Å². The van der Waals surface area contributed by atoms with Gasteiger partial charge in [0.25, 0.3) is 0 Å². The van der Waals surface area contributed by atoms with Crippen molar-refractivity contribution in [3.05, 3.63) is 29.1 Å². The fourth-order valence-electron chi connectivity index (χ4n) is 5.20. The summed E-state index contributed by atoms with van der Waals surface area (Å²) in [6.07, 6.45) is 5.85. The molecule has 1 aromatic carbocycles. The van der Waals surface area contributed by atoms with Crippen molar-refractivity contribution in [2.24, 2.45) is 5.92 Å². The lowest BCUT2D eigenvalue weighted by molar-refractivity contribution is -0.148. The van der Waals surface area contributed by atoms with Crippen molar-refractivity contribution in [2.75, 3.05) is 13.7 Å². The minimum atomic E-state index is -0.128. The van der Waals surface area contributed by atoms with E-state index >= 15 is 0 Å². The number of aromatic nitrogens is 2. The van der Waals surface area contributed by atoms with Crippen LogP contribution in [0.15, 0.2) is 12.1 Å². The van der Waals surface area contributed by atoms with E-state index in [2.05, 4.69) is 21.6 Å². The van der Waals surface area contributed by atoms with Crippen LogP contribution < -0.4 is 0 Å². The minimum absolute atomic E-state index is 0.0856. The molecule has 25 heavy (non-hydrogen) atoms. The maximum Gasteiger partial charge on any atom is 0.323 e. The summed E-state index contributed by atoms with van der Waals surface area (Å²) >= 11 is 0. The number of imidazole rings is 1. The number of ether oxygens (including phenoxy) is 1. The van der Waals surface area contributed by atoms with Crippen molar-refractivity contribution in [3.63, 3.8) is 0 Å². The van der Waals surface area contributed by atoms with Crippen LogP contribution in [-0.2, 0) is 28.9 Å². The minimum Gasteiger partial charge on any atom is -0.465 e. The molecule has 1 fully saturated rings. The third-order valence-corrected chi connectivity index (χ3v) is 6.38. The first-order valence-electron chi connectivity index (χ1n) is 9.58. The lowest BCUT2D eigenvalue weighted by Gasteiger charge is -2.22. The Morgan fingerprint density at radius 1 is 1.28 bits per heavy atom. The Morgan fingerprint density at radius 3 is 2.80 bits per heavy atom. The smallest absolute Gasteiger partial charge is 0.323 e. The first-order chi connectivity index (χ1) is 12.2. The van der Waals surface area contributed by atoms with E-state index in [1.54, 1.807) is 0 Å². The van der Waals surface area contributed by atoms with Crippen molar-refractivity contribution >= 4 is 17.0 Å². The predicted octanol–water partition coefficient (Wildman–Crippen LogP) is 2.85. The number of rotatable bonds is 2. The first-order valence-corrected chi connectivity index (χ1v) is 9.58. The van der Waals surface area contributed by atoms with Crippen LogP contribution in [-0.4, -0.2) is 40.1 Å². The number of hydrogen-bond donors (Lipinski definition) is 0. The zero-order valence-electron chi connectivity index (χ0n) is 15.0. The molecule has 3 heterocycles. The molecule has 1 saturated heterocycles. The van der Waals surface area contributed by atoms with E-state index in [1.807, 2.05) is 14.0 Å². The highest BCUT2D eigenvalue weighted by Crippen LogP contribution is 2.47. The van der Waals surface area contributed by atoms with Crippen molar-refractivity contribution in [3.8, 4) is 0 Å². The molecule has 2 aliphatic heterocycles. The van der Waals surface area contributed by atoms with Crippen molar-refractivity contribution in [2.45, 2.75) is 57.7 Å². The molecule has 0 radical (unpaired) electrons. The van der Waals surface area contributed by atoms with Gasteiger partial charge in [-0.05, 0) is 69.3 Å². The molecule has 0 spiro atoms. The molecule has 132 valence electrons. The molecule has 0 amide bonds. The third-order valence-electron chi connectivity index (χ3n) is 6.38. The highest BCUT2D eigenvalue weighted by atomic mass is 16.5. The van der Waals surface area contributed by atoms with Gasteiger partial charge in [-0.15, -0.1) is 0 Å². The van der Waals surface area contributed by atoms with Crippen LogP contribution in [0.2, 0.25) is 0 Å². The third kappa shape index (κ3) is 2.18. The Kier molecular flexibility index (Phi) is 3.42. The van der Waals surface area contributed by atoms with Gasteiger partial charge in [0.15, 0.2) is 0 Å². The number of esters is 1. The van der Waals surface area contributed by atoms with E-state index in [0.717, 1.165) is 24.3 Å². The molecule has 0 unspecified atom stereocenters. The SMILES string of the molecule is CCOC(=O)[C@H]1C[C@@H]2Cn3c(nc4cc5c(cc43)CCCC5)[C@@H]2N1C. The van der Waals surface area contributed by atoms with Gasteiger partial charge in [-0.3, -0.25) is 9.69 Å². The second-order valence-electron chi connectivity index (χ2n) is 7.77. The molecule has 5 nitrogen and oxygen atoms in total. The molecule has 0 bridgehead atoms. The summed E-state index contributed by atoms with van der Waals surface area (Å²) in [5, 5.41) is 0. The summed E-state index contributed by atoms with van der Waals surface area (Å²) in [4.78, 5) is 19.4. The summed E-state index contributed by atoms with van der Waals surface area (Å²) in [6.45, 7) is 3.28. The van der Waals surface area contributed by atoms with Crippen LogP contribution >= 0.6 is 0 Å². The Hall–Kier alpha value is -1.88. The van der Waals surface area contributed by atoms with Gasteiger partial charge in [-0.1, -0.05) is 0 Å². The fourth-order valence-corrected chi connectivity index (χ4v) is 5.20. The van der Waals surface area contributed by atoms with E-state index in [0.29, 0.717) is 12.5 Å². The van der Waals surface area contributed by atoms with Crippen LogP contribution in [0.5, 0.6) is 0 Å². The number of hydrogen-bond acceptors (Lipinski definition) is 4. The van der Waals surface area contributed by atoms with Crippen LogP contribution in [0.25, 0.3) is 11.0 Å². The molecular formula is C20H25N3O2. The van der Waals surface area contributed by atoms with Crippen LogP contribution in [0.3, 0.4) is 0 Å². The molecular weight excluding hydrogens is 314 g/mol. The van der Waals surface area contributed by atoms with E-state index < -0.39 is 0 Å². The molecule has 3 aliphatic rings. The molecule has 1 aromatic heterocycles. The number of carbonyl (C=O) groups excluding carboxylic acids is 1. The van der Waals surface area contributed by atoms with Gasteiger partial charge >= 0.3 is 5.97 Å². The number of fused-ring (bicyclic) bond motifs is 6. The van der Waals surface area contributed by atoms with Crippen molar-refractivity contribution < 1.29 is 9.53 Å². The molecule has 2 aromatic rings. The van der Waals surface area contributed by atoms with Gasteiger partial charge in [-0.25, -0.2) is 4.98 Å². The van der Waals surface area contributed by atoms with Crippen molar-refractivity contribution in [1.29, 1.82) is 0 Å². The molecule has 0 saturated carbocycles. The fraction of sp³-hybridized carbons (Fsp3) is 0.600. The molecule has 0 N–H and O–H groups in total. The van der Waals surface area contributed by atoms with Crippen molar-refractivity contribution in [1.82, 2.24) is 14.5 Å². The highest BCUT2D eigenvalue weighted by Gasteiger charge is 2.49. The largest absolute Gasteiger partial charge is 0.465 e. The number of likely N-dealkylation sites (N-methyl/N-ethyl adjacent to an activating group) is 1. The number of nitrogens with zero attached hydrogens (tertiary/aromatic N) is 3. The van der Waals surface area contributed by atoms with Gasteiger partial charge < -0.3 is 9.30 Å². The molecule has 5 rings (SSSR count). The molecule has 3 atom stereocenters. The van der Waals surface area contributed by atoms with Gasteiger partial charge in [0, 0.05) is 12.5 Å². The lowest BCUT2D eigenvalue weighted by Crippen LogP contribution is -2.36. The maximum atomic E-state index is 12.3. The topological polar surface area (TPSA) is 47.4 Å². The van der Waals surface area contributed by atoms with Gasteiger partial charge in [0.1, 0.15) is 11.9 Å². The van der Waals surface area contributed by atoms with Crippen LogP contribution in [0, 0.1) is 5.92 Å². The van der Waals surface area contributed by atoms with Gasteiger partial charge in [0.05, 0.1) is 23.7 Å². The number of likely N-dealkylation sites (tertiary alicyclic amines) is 1. The summed E-state index contributed by atoms with van der Waals surface area (Å²) < 4.78 is 7.67. The first kappa shape index (κ1) is 15.4. The van der Waals surface area contributed by atoms with E-state index in [-0.39, 0.29) is 18.1 Å². The Balaban J connectivity index is 1.53. The summed E-state index contributed by atoms with van der Waals surface area (Å²) in [5.74, 6) is 1.51. The monoisotopic (exact) mass is 339 g/mol. The maximum absolute atomic E-state index is 12.3. The summed E-state index contributed by atoms with van der Waals surface area (Å²) in [6, 6.07) is 4.79.